The fourth-order valence-corrected chi connectivity index (χ4v) is 2.36. The molecule has 0 fully saturated rings. The van der Waals surface area contributed by atoms with Crippen LogP contribution in [0.25, 0.3) is 0 Å². The van der Waals surface area contributed by atoms with Gasteiger partial charge in [0, 0.05) is 18.1 Å². The molecule has 0 saturated heterocycles. The number of benzene rings is 1. The first-order valence-corrected chi connectivity index (χ1v) is 8.52. The molecule has 1 aromatic rings. The van der Waals surface area contributed by atoms with E-state index < -0.39 is 5.60 Å². The lowest BCUT2D eigenvalue weighted by atomic mass is 10.1. The van der Waals surface area contributed by atoms with Crippen LogP contribution >= 0.6 is 11.6 Å². The lowest BCUT2D eigenvalue weighted by Gasteiger charge is -2.32. The third-order valence-electron chi connectivity index (χ3n) is 3.55. The SMILES string of the molecule is CCCCN(CCCC)C(=O)C(C)(C)Oc1ccc(Cl)cc1. The van der Waals surface area contributed by atoms with Gasteiger partial charge in [0.1, 0.15) is 5.75 Å². The van der Waals surface area contributed by atoms with Gasteiger partial charge in [-0.25, -0.2) is 0 Å². The summed E-state index contributed by atoms with van der Waals surface area (Å²) in [6, 6.07) is 7.12. The van der Waals surface area contributed by atoms with E-state index in [4.69, 9.17) is 16.3 Å². The molecule has 1 rings (SSSR count). The second kappa shape index (κ2) is 9.04. The number of rotatable bonds is 9. The summed E-state index contributed by atoms with van der Waals surface area (Å²) in [6.07, 6.45) is 4.20. The topological polar surface area (TPSA) is 29.5 Å². The molecule has 4 heteroatoms. The van der Waals surface area contributed by atoms with Crippen LogP contribution in [0.4, 0.5) is 0 Å². The Balaban J connectivity index is 2.77. The number of unbranched alkanes of at least 4 members (excludes halogenated alkanes) is 2. The van der Waals surface area contributed by atoms with E-state index in [1.807, 2.05) is 18.7 Å². The van der Waals surface area contributed by atoms with Gasteiger partial charge in [-0.3, -0.25) is 4.79 Å². The minimum absolute atomic E-state index is 0.0457. The lowest BCUT2D eigenvalue weighted by molar-refractivity contribution is -0.145. The summed E-state index contributed by atoms with van der Waals surface area (Å²) < 4.78 is 5.91. The summed E-state index contributed by atoms with van der Waals surface area (Å²) in [6.45, 7) is 9.52. The molecule has 0 spiro atoms. The summed E-state index contributed by atoms with van der Waals surface area (Å²) in [7, 11) is 0. The van der Waals surface area contributed by atoms with Gasteiger partial charge in [0.2, 0.25) is 0 Å². The summed E-state index contributed by atoms with van der Waals surface area (Å²) >= 11 is 5.88. The van der Waals surface area contributed by atoms with E-state index in [2.05, 4.69) is 13.8 Å². The molecule has 0 N–H and O–H groups in total. The molecule has 0 atom stereocenters. The maximum absolute atomic E-state index is 12.8. The average Bonchev–Trinajstić information content (AvgIpc) is 2.49. The monoisotopic (exact) mass is 325 g/mol. The molecule has 0 aromatic heterocycles. The highest BCUT2D eigenvalue weighted by atomic mass is 35.5. The van der Waals surface area contributed by atoms with Crippen LogP contribution in [0.15, 0.2) is 24.3 Å². The van der Waals surface area contributed by atoms with Crippen LogP contribution in [0.1, 0.15) is 53.4 Å². The fourth-order valence-electron chi connectivity index (χ4n) is 2.23. The summed E-state index contributed by atoms with van der Waals surface area (Å²) in [5, 5.41) is 0.656. The van der Waals surface area contributed by atoms with Crippen molar-refractivity contribution in [2.45, 2.75) is 59.0 Å². The third kappa shape index (κ3) is 5.88. The molecular weight excluding hydrogens is 298 g/mol. The zero-order chi connectivity index (χ0) is 16.6. The molecule has 0 heterocycles. The molecule has 0 bridgehead atoms. The van der Waals surface area contributed by atoms with Gasteiger partial charge in [-0.05, 0) is 51.0 Å². The summed E-state index contributed by atoms with van der Waals surface area (Å²) in [4.78, 5) is 14.8. The highest BCUT2D eigenvalue weighted by molar-refractivity contribution is 6.30. The van der Waals surface area contributed by atoms with Crippen LogP contribution in [0, 0.1) is 0 Å². The predicted octanol–water partition coefficient (Wildman–Crippen LogP) is 4.93. The Labute approximate surface area is 139 Å². The van der Waals surface area contributed by atoms with Gasteiger partial charge in [0.05, 0.1) is 0 Å². The number of ether oxygens (including phenoxy) is 1. The van der Waals surface area contributed by atoms with Crippen molar-refractivity contribution < 1.29 is 9.53 Å². The lowest BCUT2D eigenvalue weighted by Crippen LogP contribution is -2.49. The maximum Gasteiger partial charge on any atom is 0.266 e. The first-order valence-electron chi connectivity index (χ1n) is 8.14. The molecule has 124 valence electrons. The van der Waals surface area contributed by atoms with Crippen molar-refractivity contribution in [3.05, 3.63) is 29.3 Å². The number of hydrogen-bond acceptors (Lipinski definition) is 2. The van der Waals surface area contributed by atoms with E-state index in [-0.39, 0.29) is 5.91 Å². The molecule has 0 aliphatic rings. The van der Waals surface area contributed by atoms with Crippen LogP contribution in [-0.4, -0.2) is 29.5 Å². The zero-order valence-electron chi connectivity index (χ0n) is 14.2. The molecule has 0 unspecified atom stereocenters. The zero-order valence-corrected chi connectivity index (χ0v) is 14.9. The van der Waals surface area contributed by atoms with E-state index in [0.29, 0.717) is 10.8 Å². The number of amides is 1. The molecule has 1 aromatic carbocycles. The second-order valence-corrected chi connectivity index (χ2v) is 6.50. The highest BCUT2D eigenvalue weighted by Gasteiger charge is 2.33. The van der Waals surface area contributed by atoms with Crippen LogP contribution in [0.5, 0.6) is 5.75 Å². The minimum Gasteiger partial charge on any atom is -0.478 e. The normalized spacial score (nSPS) is 11.3. The van der Waals surface area contributed by atoms with Crippen molar-refractivity contribution >= 4 is 17.5 Å². The number of halogens is 1. The van der Waals surface area contributed by atoms with Crippen LogP contribution in [-0.2, 0) is 4.79 Å². The quantitative estimate of drug-likeness (QED) is 0.644. The van der Waals surface area contributed by atoms with Crippen molar-refractivity contribution in [1.29, 1.82) is 0 Å². The molecule has 0 saturated carbocycles. The van der Waals surface area contributed by atoms with E-state index in [0.717, 1.165) is 38.8 Å². The average molecular weight is 326 g/mol. The van der Waals surface area contributed by atoms with Gasteiger partial charge in [-0.15, -0.1) is 0 Å². The number of carbonyl (C=O) groups is 1. The fraction of sp³-hybridized carbons (Fsp3) is 0.611. The first kappa shape index (κ1) is 18.8. The Morgan fingerprint density at radius 3 is 2.05 bits per heavy atom. The Kier molecular flexibility index (Phi) is 7.74. The molecule has 0 aliphatic carbocycles. The molecular formula is C18H28ClNO2. The molecule has 22 heavy (non-hydrogen) atoms. The smallest absolute Gasteiger partial charge is 0.266 e. The van der Waals surface area contributed by atoms with Gasteiger partial charge in [0.15, 0.2) is 5.60 Å². The van der Waals surface area contributed by atoms with Crippen LogP contribution in [0.3, 0.4) is 0 Å². The standard InChI is InChI=1S/C18H28ClNO2/c1-5-7-13-20(14-8-6-2)17(21)18(3,4)22-16-11-9-15(19)10-12-16/h9-12H,5-8,13-14H2,1-4H3. The molecule has 0 radical (unpaired) electrons. The third-order valence-corrected chi connectivity index (χ3v) is 3.80. The van der Waals surface area contributed by atoms with E-state index in [9.17, 15) is 4.79 Å². The first-order chi connectivity index (χ1) is 10.4. The van der Waals surface area contributed by atoms with Crippen molar-refractivity contribution in [1.82, 2.24) is 4.90 Å². The number of nitrogens with zero attached hydrogens (tertiary/aromatic N) is 1. The van der Waals surface area contributed by atoms with E-state index >= 15 is 0 Å². The van der Waals surface area contributed by atoms with Crippen molar-refractivity contribution in [3.63, 3.8) is 0 Å². The van der Waals surface area contributed by atoms with Crippen molar-refractivity contribution in [2.75, 3.05) is 13.1 Å². The molecule has 0 aliphatic heterocycles. The minimum atomic E-state index is -0.880. The van der Waals surface area contributed by atoms with Gasteiger partial charge in [0.25, 0.3) is 5.91 Å². The van der Waals surface area contributed by atoms with Crippen molar-refractivity contribution in [3.8, 4) is 5.75 Å². The Morgan fingerprint density at radius 1 is 1.09 bits per heavy atom. The Hall–Kier alpha value is -1.22. The van der Waals surface area contributed by atoms with E-state index in [1.54, 1.807) is 24.3 Å². The molecule has 3 nitrogen and oxygen atoms in total. The maximum atomic E-state index is 12.8. The Morgan fingerprint density at radius 2 is 1.59 bits per heavy atom. The predicted molar refractivity (Wildman–Crippen MR) is 92.6 cm³/mol. The van der Waals surface area contributed by atoms with Gasteiger partial charge in [-0.1, -0.05) is 38.3 Å². The van der Waals surface area contributed by atoms with Crippen LogP contribution < -0.4 is 4.74 Å². The molecule has 1 amide bonds. The van der Waals surface area contributed by atoms with Gasteiger partial charge >= 0.3 is 0 Å². The number of hydrogen-bond donors (Lipinski definition) is 0. The van der Waals surface area contributed by atoms with Gasteiger partial charge in [-0.2, -0.15) is 0 Å². The van der Waals surface area contributed by atoms with E-state index in [1.165, 1.54) is 0 Å². The van der Waals surface area contributed by atoms with Crippen molar-refractivity contribution in [2.24, 2.45) is 0 Å². The van der Waals surface area contributed by atoms with Gasteiger partial charge < -0.3 is 9.64 Å². The highest BCUT2D eigenvalue weighted by Crippen LogP contribution is 2.22. The summed E-state index contributed by atoms with van der Waals surface area (Å²) in [5.41, 5.74) is -0.880. The summed E-state index contributed by atoms with van der Waals surface area (Å²) in [5.74, 6) is 0.707. The largest absolute Gasteiger partial charge is 0.478 e. The Bertz CT molecular complexity index is 449. The second-order valence-electron chi connectivity index (χ2n) is 6.07. The number of carbonyl (C=O) groups excluding carboxylic acids is 1. The van der Waals surface area contributed by atoms with Crippen LogP contribution in [0.2, 0.25) is 5.02 Å².